The summed E-state index contributed by atoms with van der Waals surface area (Å²) in [5.74, 6) is 1.22. The first-order valence-corrected chi connectivity index (χ1v) is 9.24. The molecule has 2 heterocycles. The molecule has 4 rings (SSSR count). The van der Waals surface area contributed by atoms with Crippen LogP contribution in [0.15, 0.2) is 60.7 Å². The van der Waals surface area contributed by atoms with Crippen LogP contribution in [0.3, 0.4) is 0 Å². The maximum atomic E-state index is 12.6. The monoisotopic (exact) mass is 358 g/mol. The van der Waals surface area contributed by atoms with Crippen LogP contribution in [0.2, 0.25) is 0 Å². The summed E-state index contributed by atoms with van der Waals surface area (Å²) in [5.41, 5.74) is 4.08. The molecule has 1 aromatic heterocycles. The molecule has 0 spiro atoms. The molecule has 5 nitrogen and oxygen atoms in total. The number of aromatic nitrogens is 2. The van der Waals surface area contributed by atoms with E-state index in [0.717, 1.165) is 30.9 Å². The van der Waals surface area contributed by atoms with Gasteiger partial charge in [0.15, 0.2) is 0 Å². The van der Waals surface area contributed by atoms with Gasteiger partial charge in [-0.2, -0.15) is 0 Å². The van der Waals surface area contributed by atoms with Crippen LogP contribution < -0.4 is 10.2 Å². The summed E-state index contributed by atoms with van der Waals surface area (Å²) in [6.07, 6.45) is 1.78. The Morgan fingerprint density at radius 3 is 2.70 bits per heavy atom. The van der Waals surface area contributed by atoms with Crippen molar-refractivity contribution in [3.63, 3.8) is 0 Å². The van der Waals surface area contributed by atoms with Gasteiger partial charge in [0.2, 0.25) is 0 Å². The normalized spacial score (nSPS) is 12.7. The lowest BCUT2D eigenvalue weighted by molar-refractivity contribution is 0.0949. The highest BCUT2D eigenvalue weighted by atomic mass is 16.1. The number of carbonyl (C=O) groups is 1. The maximum Gasteiger partial charge on any atom is 0.270 e. The number of fused-ring (bicyclic) bond motifs is 1. The Labute approximate surface area is 159 Å². The zero-order chi connectivity index (χ0) is 18.6. The Morgan fingerprint density at radius 1 is 1.07 bits per heavy atom. The largest absolute Gasteiger partial charge is 0.350 e. The number of hydrogen-bond donors (Lipinski definition) is 1. The van der Waals surface area contributed by atoms with E-state index < -0.39 is 0 Å². The Bertz CT molecular complexity index is 956. The lowest BCUT2D eigenvalue weighted by atomic mass is 10.1. The van der Waals surface area contributed by atoms with E-state index in [9.17, 15) is 4.79 Å². The minimum Gasteiger partial charge on any atom is -0.350 e. The van der Waals surface area contributed by atoms with Gasteiger partial charge in [0, 0.05) is 24.8 Å². The summed E-state index contributed by atoms with van der Waals surface area (Å²) in [6.45, 7) is 3.27. The van der Waals surface area contributed by atoms with E-state index >= 15 is 0 Å². The number of amides is 1. The van der Waals surface area contributed by atoms with Crippen molar-refractivity contribution in [2.75, 3.05) is 18.0 Å². The second-order valence-electron chi connectivity index (χ2n) is 6.68. The van der Waals surface area contributed by atoms with Crippen LogP contribution >= 0.6 is 0 Å². The molecular formula is C22H22N4O. The third-order valence-corrected chi connectivity index (χ3v) is 4.76. The molecule has 136 valence electrons. The molecule has 0 unspecified atom stereocenters. The fourth-order valence-corrected chi connectivity index (χ4v) is 3.44. The number of carbonyl (C=O) groups excluding carboxylic acids is 1. The molecule has 0 aliphatic carbocycles. The van der Waals surface area contributed by atoms with E-state index in [0.29, 0.717) is 18.1 Å². The van der Waals surface area contributed by atoms with Gasteiger partial charge in [-0.15, -0.1) is 0 Å². The standard InChI is InChI=1S/C22H22N4O/c1-16-24-19(22(27)23-13-11-17-7-3-2-4-8-17)15-21(25-16)26-14-12-18-9-5-6-10-20(18)26/h2-10,15H,11-14H2,1H3,(H,23,27). The first-order valence-electron chi connectivity index (χ1n) is 9.24. The Balaban J connectivity index is 1.48. The minimum atomic E-state index is -0.162. The van der Waals surface area contributed by atoms with Crippen molar-refractivity contribution in [1.29, 1.82) is 0 Å². The number of hydrogen-bond acceptors (Lipinski definition) is 4. The fourth-order valence-electron chi connectivity index (χ4n) is 3.44. The van der Waals surface area contributed by atoms with Crippen LogP contribution in [0.4, 0.5) is 11.5 Å². The van der Waals surface area contributed by atoms with E-state index in [1.54, 1.807) is 6.07 Å². The molecule has 0 bridgehead atoms. The fraction of sp³-hybridized carbons (Fsp3) is 0.227. The number of para-hydroxylation sites is 1. The molecule has 0 saturated heterocycles. The van der Waals surface area contributed by atoms with Crippen molar-refractivity contribution in [3.8, 4) is 0 Å². The molecule has 1 aliphatic heterocycles. The van der Waals surface area contributed by atoms with Crippen LogP contribution in [0.1, 0.15) is 27.4 Å². The molecule has 3 aromatic rings. The van der Waals surface area contributed by atoms with Crippen LogP contribution in [0.5, 0.6) is 0 Å². The van der Waals surface area contributed by atoms with Gasteiger partial charge in [0.05, 0.1) is 0 Å². The smallest absolute Gasteiger partial charge is 0.270 e. The first kappa shape index (κ1) is 17.2. The quantitative estimate of drug-likeness (QED) is 0.759. The van der Waals surface area contributed by atoms with Crippen molar-refractivity contribution in [3.05, 3.63) is 83.3 Å². The number of nitrogens with zero attached hydrogens (tertiary/aromatic N) is 3. The maximum absolute atomic E-state index is 12.6. The number of anilines is 2. The molecule has 0 fully saturated rings. The SMILES string of the molecule is Cc1nc(C(=O)NCCc2ccccc2)cc(N2CCc3ccccc32)n1. The van der Waals surface area contributed by atoms with E-state index in [4.69, 9.17) is 0 Å². The van der Waals surface area contributed by atoms with Crippen molar-refractivity contribution in [2.45, 2.75) is 19.8 Å². The molecule has 0 radical (unpaired) electrons. The second kappa shape index (κ2) is 7.58. The van der Waals surface area contributed by atoms with Crippen LogP contribution in [0.25, 0.3) is 0 Å². The van der Waals surface area contributed by atoms with E-state index in [1.807, 2.05) is 31.2 Å². The minimum absolute atomic E-state index is 0.162. The second-order valence-corrected chi connectivity index (χ2v) is 6.68. The molecule has 0 saturated carbocycles. The van der Waals surface area contributed by atoms with Crippen LogP contribution in [-0.2, 0) is 12.8 Å². The predicted molar refractivity (Wildman–Crippen MR) is 106 cm³/mol. The zero-order valence-corrected chi connectivity index (χ0v) is 15.4. The third-order valence-electron chi connectivity index (χ3n) is 4.76. The Morgan fingerprint density at radius 2 is 1.85 bits per heavy atom. The molecule has 1 amide bonds. The van der Waals surface area contributed by atoms with Crippen molar-refractivity contribution in [1.82, 2.24) is 15.3 Å². The third kappa shape index (κ3) is 3.82. The summed E-state index contributed by atoms with van der Waals surface area (Å²) in [4.78, 5) is 23.6. The summed E-state index contributed by atoms with van der Waals surface area (Å²) < 4.78 is 0. The average Bonchev–Trinajstić information content (AvgIpc) is 3.12. The van der Waals surface area contributed by atoms with Crippen LogP contribution in [0, 0.1) is 6.92 Å². The van der Waals surface area contributed by atoms with Crippen molar-refractivity contribution < 1.29 is 4.79 Å². The molecule has 5 heteroatoms. The zero-order valence-electron chi connectivity index (χ0n) is 15.4. The molecule has 27 heavy (non-hydrogen) atoms. The lowest BCUT2D eigenvalue weighted by Gasteiger charge is -2.19. The summed E-state index contributed by atoms with van der Waals surface area (Å²) in [5, 5.41) is 2.96. The predicted octanol–water partition coefficient (Wildman–Crippen LogP) is 3.45. The van der Waals surface area contributed by atoms with Gasteiger partial charge in [-0.3, -0.25) is 4.79 Å². The van der Waals surface area contributed by atoms with Gasteiger partial charge in [-0.25, -0.2) is 9.97 Å². The number of aryl methyl sites for hydroxylation is 1. The van der Waals surface area contributed by atoms with Gasteiger partial charge in [0.1, 0.15) is 17.3 Å². The van der Waals surface area contributed by atoms with Gasteiger partial charge in [-0.1, -0.05) is 48.5 Å². The number of rotatable bonds is 5. The van der Waals surface area contributed by atoms with Gasteiger partial charge >= 0.3 is 0 Å². The highest BCUT2D eigenvalue weighted by molar-refractivity contribution is 5.93. The van der Waals surface area contributed by atoms with E-state index in [1.165, 1.54) is 11.1 Å². The molecule has 1 N–H and O–H groups in total. The number of benzene rings is 2. The van der Waals surface area contributed by atoms with E-state index in [2.05, 4.69) is 50.5 Å². The molecule has 0 atom stereocenters. The molecular weight excluding hydrogens is 336 g/mol. The molecule has 2 aromatic carbocycles. The Kier molecular flexibility index (Phi) is 4.83. The number of nitrogens with one attached hydrogen (secondary N) is 1. The highest BCUT2D eigenvalue weighted by Crippen LogP contribution is 2.33. The summed E-state index contributed by atoms with van der Waals surface area (Å²) in [7, 11) is 0. The van der Waals surface area contributed by atoms with E-state index in [-0.39, 0.29) is 5.91 Å². The highest BCUT2D eigenvalue weighted by Gasteiger charge is 2.22. The van der Waals surface area contributed by atoms with Crippen molar-refractivity contribution >= 4 is 17.4 Å². The topological polar surface area (TPSA) is 58.1 Å². The Hall–Kier alpha value is -3.21. The van der Waals surface area contributed by atoms with Crippen molar-refractivity contribution in [2.24, 2.45) is 0 Å². The average molecular weight is 358 g/mol. The van der Waals surface area contributed by atoms with Gasteiger partial charge < -0.3 is 10.2 Å². The first-order chi connectivity index (χ1) is 13.2. The van der Waals surface area contributed by atoms with Gasteiger partial charge in [0.25, 0.3) is 5.91 Å². The van der Waals surface area contributed by atoms with Gasteiger partial charge in [-0.05, 0) is 37.0 Å². The lowest BCUT2D eigenvalue weighted by Crippen LogP contribution is -2.27. The summed E-state index contributed by atoms with van der Waals surface area (Å²) >= 11 is 0. The molecule has 1 aliphatic rings. The summed E-state index contributed by atoms with van der Waals surface area (Å²) in [6, 6.07) is 20.2. The van der Waals surface area contributed by atoms with Crippen LogP contribution in [-0.4, -0.2) is 29.0 Å².